The Hall–Kier alpha value is -2.39. The summed E-state index contributed by atoms with van der Waals surface area (Å²) in [5.74, 6) is -0.334. The number of carbonyl (C=O) groups excluding carboxylic acids is 1. The number of fused-ring (bicyclic) bond motifs is 1. The van der Waals surface area contributed by atoms with Gasteiger partial charge in [0.2, 0.25) is 5.91 Å². The van der Waals surface area contributed by atoms with E-state index in [9.17, 15) is 4.79 Å². The van der Waals surface area contributed by atoms with Crippen LogP contribution in [0.5, 0.6) is 0 Å². The van der Waals surface area contributed by atoms with Gasteiger partial charge in [-0.3, -0.25) is 9.48 Å². The molecule has 0 spiro atoms. The summed E-state index contributed by atoms with van der Waals surface area (Å²) >= 11 is 0. The molecule has 18 heavy (non-hydrogen) atoms. The van der Waals surface area contributed by atoms with Gasteiger partial charge in [0.05, 0.1) is 24.7 Å². The van der Waals surface area contributed by atoms with Gasteiger partial charge in [0.1, 0.15) is 6.42 Å². The van der Waals surface area contributed by atoms with E-state index in [2.05, 4.69) is 10.4 Å². The third kappa shape index (κ3) is 2.64. The van der Waals surface area contributed by atoms with E-state index in [0.29, 0.717) is 12.2 Å². The van der Waals surface area contributed by atoms with E-state index in [1.54, 1.807) is 35.1 Å². The standard InChI is InChI=1S/C12H12N4O2/c13-4-3-12(18)14-10-1-2-11-9(7-10)8-16(15-11)5-6-17/h1-2,7-8,17H,3,5-6H2,(H,14,18). The molecule has 0 radical (unpaired) electrons. The lowest BCUT2D eigenvalue weighted by atomic mass is 10.2. The molecule has 0 aliphatic heterocycles. The lowest BCUT2D eigenvalue weighted by Crippen LogP contribution is -2.09. The molecule has 1 heterocycles. The van der Waals surface area contributed by atoms with Crippen molar-refractivity contribution in [3.05, 3.63) is 24.4 Å². The first-order valence-electron chi connectivity index (χ1n) is 5.48. The molecule has 1 amide bonds. The van der Waals surface area contributed by atoms with Crippen LogP contribution in [0.15, 0.2) is 24.4 Å². The van der Waals surface area contributed by atoms with Crippen molar-refractivity contribution in [2.45, 2.75) is 13.0 Å². The predicted molar refractivity (Wildman–Crippen MR) is 65.7 cm³/mol. The van der Waals surface area contributed by atoms with Crippen molar-refractivity contribution in [3.8, 4) is 6.07 Å². The second-order valence-electron chi connectivity index (χ2n) is 3.77. The fourth-order valence-electron chi connectivity index (χ4n) is 1.65. The molecule has 0 bridgehead atoms. The Morgan fingerprint density at radius 1 is 1.56 bits per heavy atom. The smallest absolute Gasteiger partial charge is 0.238 e. The number of nitrogens with one attached hydrogen (secondary N) is 1. The molecule has 0 aliphatic carbocycles. The van der Waals surface area contributed by atoms with Crippen molar-refractivity contribution in [1.29, 1.82) is 5.26 Å². The number of nitriles is 1. The summed E-state index contributed by atoms with van der Waals surface area (Å²) in [5, 5.41) is 25.0. The molecule has 2 rings (SSSR count). The normalized spacial score (nSPS) is 10.2. The van der Waals surface area contributed by atoms with Gasteiger partial charge in [-0.15, -0.1) is 0 Å². The van der Waals surface area contributed by atoms with E-state index < -0.39 is 0 Å². The van der Waals surface area contributed by atoms with E-state index in [1.165, 1.54) is 0 Å². The highest BCUT2D eigenvalue weighted by molar-refractivity contribution is 5.94. The van der Waals surface area contributed by atoms with Crippen LogP contribution in [0.25, 0.3) is 10.9 Å². The third-order valence-corrected chi connectivity index (χ3v) is 2.40. The summed E-state index contributed by atoms with van der Waals surface area (Å²) in [7, 11) is 0. The van der Waals surface area contributed by atoms with Crippen molar-refractivity contribution in [2.24, 2.45) is 0 Å². The monoisotopic (exact) mass is 244 g/mol. The molecule has 0 fully saturated rings. The fraction of sp³-hybridized carbons (Fsp3) is 0.250. The van der Waals surface area contributed by atoms with Gasteiger partial charge in [0, 0.05) is 17.3 Å². The Morgan fingerprint density at radius 2 is 2.39 bits per heavy atom. The van der Waals surface area contributed by atoms with E-state index >= 15 is 0 Å². The topological polar surface area (TPSA) is 90.9 Å². The van der Waals surface area contributed by atoms with Gasteiger partial charge in [-0.1, -0.05) is 0 Å². The van der Waals surface area contributed by atoms with Crippen molar-refractivity contribution in [3.63, 3.8) is 0 Å². The van der Waals surface area contributed by atoms with E-state index in [1.807, 2.05) is 0 Å². The number of nitrogens with zero attached hydrogens (tertiary/aromatic N) is 3. The number of benzene rings is 1. The maximum Gasteiger partial charge on any atom is 0.238 e. The number of anilines is 1. The first kappa shape index (κ1) is 12.1. The molecule has 0 unspecified atom stereocenters. The van der Waals surface area contributed by atoms with Gasteiger partial charge in [-0.25, -0.2) is 0 Å². The molecule has 1 aromatic carbocycles. The fourth-order valence-corrected chi connectivity index (χ4v) is 1.65. The van der Waals surface area contributed by atoms with Crippen LogP contribution in [0.4, 0.5) is 5.69 Å². The molecule has 1 aromatic heterocycles. The summed E-state index contributed by atoms with van der Waals surface area (Å²) in [6.45, 7) is 0.463. The molecule has 2 N–H and O–H groups in total. The van der Waals surface area contributed by atoms with Crippen LogP contribution in [0.1, 0.15) is 6.42 Å². The summed E-state index contributed by atoms with van der Waals surface area (Å²) < 4.78 is 1.64. The summed E-state index contributed by atoms with van der Waals surface area (Å²) in [5.41, 5.74) is 1.42. The van der Waals surface area contributed by atoms with Crippen molar-refractivity contribution in [1.82, 2.24) is 9.78 Å². The van der Waals surface area contributed by atoms with Crippen LogP contribution in [0, 0.1) is 11.3 Å². The van der Waals surface area contributed by atoms with Crippen LogP contribution >= 0.6 is 0 Å². The molecular weight excluding hydrogens is 232 g/mol. The Labute approximate surface area is 103 Å². The highest BCUT2D eigenvalue weighted by Gasteiger charge is 2.04. The van der Waals surface area contributed by atoms with E-state index in [-0.39, 0.29) is 18.9 Å². The zero-order valence-corrected chi connectivity index (χ0v) is 9.63. The van der Waals surface area contributed by atoms with Crippen molar-refractivity contribution >= 4 is 22.5 Å². The lowest BCUT2D eigenvalue weighted by Gasteiger charge is -2.01. The molecule has 0 aliphatic rings. The first-order chi connectivity index (χ1) is 8.72. The SMILES string of the molecule is N#CCC(=O)Nc1ccc2nn(CCO)cc2c1. The average molecular weight is 244 g/mol. The molecule has 0 atom stereocenters. The van der Waals surface area contributed by atoms with Gasteiger partial charge < -0.3 is 10.4 Å². The molecule has 0 saturated heterocycles. The largest absolute Gasteiger partial charge is 0.394 e. The Bertz CT molecular complexity index is 612. The van der Waals surface area contributed by atoms with E-state index in [4.69, 9.17) is 10.4 Å². The molecular formula is C12H12N4O2. The van der Waals surface area contributed by atoms with Crippen LogP contribution < -0.4 is 5.32 Å². The Morgan fingerprint density at radius 3 is 3.11 bits per heavy atom. The zero-order chi connectivity index (χ0) is 13.0. The van der Waals surface area contributed by atoms with Gasteiger partial charge >= 0.3 is 0 Å². The Balaban J connectivity index is 2.21. The number of carbonyl (C=O) groups is 1. The molecule has 92 valence electrons. The van der Waals surface area contributed by atoms with Gasteiger partial charge in [-0.2, -0.15) is 10.4 Å². The van der Waals surface area contributed by atoms with Crippen molar-refractivity contribution in [2.75, 3.05) is 11.9 Å². The minimum atomic E-state index is -0.334. The number of hydrogen-bond donors (Lipinski definition) is 2. The third-order valence-electron chi connectivity index (χ3n) is 2.40. The maximum atomic E-state index is 11.3. The predicted octanol–water partition coefficient (Wildman–Crippen LogP) is 0.881. The highest BCUT2D eigenvalue weighted by Crippen LogP contribution is 2.18. The van der Waals surface area contributed by atoms with Gasteiger partial charge in [0.25, 0.3) is 0 Å². The van der Waals surface area contributed by atoms with E-state index in [0.717, 1.165) is 10.9 Å². The number of rotatable bonds is 4. The summed E-state index contributed by atoms with van der Waals surface area (Å²) in [6.07, 6.45) is 1.63. The number of aliphatic hydroxyl groups is 1. The number of hydrogen-bond acceptors (Lipinski definition) is 4. The van der Waals surface area contributed by atoms with Crippen LogP contribution in [0.3, 0.4) is 0 Å². The molecule has 6 nitrogen and oxygen atoms in total. The zero-order valence-electron chi connectivity index (χ0n) is 9.63. The number of amides is 1. The minimum absolute atomic E-state index is 0.0275. The van der Waals surface area contributed by atoms with Crippen LogP contribution in [0.2, 0.25) is 0 Å². The average Bonchev–Trinajstić information content (AvgIpc) is 2.71. The second-order valence-corrected chi connectivity index (χ2v) is 3.77. The number of aliphatic hydroxyl groups excluding tert-OH is 1. The van der Waals surface area contributed by atoms with Gasteiger partial charge in [0.15, 0.2) is 0 Å². The molecule has 2 aromatic rings. The Kier molecular flexibility index (Phi) is 3.55. The lowest BCUT2D eigenvalue weighted by molar-refractivity contribution is -0.115. The van der Waals surface area contributed by atoms with Crippen LogP contribution in [-0.2, 0) is 11.3 Å². The van der Waals surface area contributed by atoms with Crippen molar-refractivity contribution < 1.29 is 9.90 Å². The second kappa shape index (κ2) is 5.29. The van der Waals surface area contributed by atoms with Crippen LogP contribution in [-0.4, -0.2) is 27.4 Å². The quantitative estimate of drug-likeness (QED) is 0.835. The first-order valence-corrected chi connectivity index (χ1v) is 5.48. The minimum Gasteiger partial charge on any atom is -0.394 e. The molecule has 6 heteroatoms. The maximum absolute atomic E-state index is 11.3. The highest BCUT2D eigenvalue weighted by atomic mass is 16.3. The summed E-state index contributed by atoms with van der Waals surface area (Å²) in [4.78, 5) is 11.3. The summed E-state index contributed by atoms with van der Waals surface area (Å²) in [6, 6.07) is 7.09. The van der Waals surface area contributed by atoms with Gasteiger partial charge in [-0.05, 0) is 18.2 Å². The molecule has 0 saturated carbocycles. The number of aromatic nitrogens is 2.